The summed E-state index contributed by atoms with van der Waals surface area (Å²) in [6, 6.07) is 13.7. The number of hydrogen-bond acceptors (Lipinski definition) is 1. The van der Waals surface area contributed by atoms with Crippen molar-refractivity contribution in [3.63, 3.8) is 0 Å². The van der Waals surface area contributed by atoms with Gasteiger partial charge in [-0.2, -0.15) is 13.2 Å². The van der Waals surface area contributed by atoms with Crippen molar-refractivity contribution in [3.05, 3.63) is 65.7 Å². The van der Waals surface area contributed by atoms with Gasteiger partial charge in [-0.15, -0.1) is 0 Å². The summed E-state index contributed by atoms with van der Waals surface area (Å²) in [7, 11) is 0. The Bertz CT molecular complexity index is 564. The summed E-state index contributed by atoms with van der Waals surface area (Å²) < 4.78 is 37.4. The van der Waals surface area contributed by atoms with Crippen LogP contribution in [0, 0.1) is 0 Å². The number of nitrogens with zero attached hydrogens (tertiary/aromatic N) is 1. The van der Waals surface area contributed by atoms with Crippen LogP contribution in [0.15, 0.2) is 54.6 Å². The molecule has 0 heterocycles. The molecule has 0 radical (unpaired) electrons. The standard InChI is InChI=1S/C15H12F3NO/c16-15(17,18)13-6-8-14(9-7-13)19(11-20)10-12-4-2-1-3-5-12/h1-9,11H,10H2. The fourth-order valence-electron chi connectivity index (χ4n) is 1.81. The van der Waals surface area contributed by atoms with Crippen molar-refractivity contribution in [2.75, 3.05) is 4.90 Å². The molecule has 0 spiro atoms. The van der Waals surface area contributed by atoms with Gasteiger partial charge in [0.25, 0.3) is 0 Å². The van der Waals surface area contributed by atoms with E-state index < -0.39 is 11.7 Å². The summed E-state index contributed by atoms with van der Waals surface area (Å²) in [6.07, 6.45) is -3.76. The van der Waals surface area contributed by atoms with Gasteiger partial charge in [-0.1, -0.05) is 30.3 Å². The molecule has 20 heavy (non-hydrogen) atoms. The second-order valence-corrected chi connectivity index (χ2v) is 4.26. The number of carbonyl (C=O) groups excluding carboxylic acids is 1. The average molecular weight is 279 g/mol. The van der Waals surface area contributed by atoms with Crippen molar-refractivity contribution >= 4 is 12.1 Å². The van der Waals surface area contributed by atoms with Gasteiger partial charge < -0.3 is 4.90 Å². The summed E-state index contributed by atoms with van der Waals surface area (Å²) in [5.74, 6) is 0. The lowest BCUT2D eigenvalue weighted by atomic mass is 10.1. The molecule has 1 amide bonds. The van der Waals surface area contributed by atoms with Crippen molar-refractivity contribution < 1.29 is 18.0 Å². The number of hydrogen-bond donors (Lipinski definition) is 0. The summed E-state index contributed by atoms with van der Waals surface area (Å²) in [5.41, 5.74) is 0.600. The Morgan fingerprint density at radius 3 is 2.05 bits per heavy atom. The lowest BCUT2D eigenvalue weighted by molar-refractivity contribution is -0.137. The second-order valence-electron chi connectivity index (χ2n) is 4.26. The quantitative estimate of drug-likeness (QED) is 0.778. The van der Waals surface area contributed by atoms with Crippen molar-refractivity contribution in [1.82, 2.24) is 0 Å². The molecule has 0 saturated heterocycles. The Kier molecular flexibility index (Phi) is 4.08. The molecule has 2 nitrogen and oxygen atoms in total. The highest BCUT2D eigenvalue weighted by Crippen LogP contribution is 2.30. The summed E-state index contributed by atoms with van der Waals surface area (Å²) in [5, 5.41) is 0. The molecule has 2 aromatic rings. The first-order valence-electron chi connectivity index (χ1n) is 5.94. The molecule has 0 N–H and O–H groups in total. The second kappa shape index (κ2) is 5.77. The van der Waals surface area contributed by atoms with Crippen LogP contribution in [-0.4, -0.2) is 6.41 Å². The molecule has 2 rings (SSSR count). The molecule has 0 aliphatic carbocycles. The molecule has 0 aliphatic heterocycles. The first-order valence-corrected chi connectivity index (χ1v) is 5.94. The highest BCUT2D eigenvalue weighted by molar-refractivity contribution is 5.75. The molecular formula is C15H12F3NO. The van der Waals surface area contributed by atoms with Crippen LogP contribution in [0.25, 0.3) is 0 Å². The number of halogens is 3. The first-order chi connectivity index (χ1) is 9.50. The number of carbonyl (C=O) groups is 1. The van der Waals surface area contributed by atoms with E-state index in [1.165, 1.54) is 17.0 Å². The average Bonchev–Trinajstić information content (AvgIpc) is 2.45. The number of benzene rings is 2. The zero-order valence-corrected chi connectivity index (χ0v) is 10.5. The largest absolute Gasteiger partial charge is 0.416 e. The molecule has 0 saturated carbocycles. The summed E-state index contributed by atoms with van der Waals surface area (Å²) in [6.45, 7) is 0.315. The van der Waals surface area contributed by atoms with Crippen LogP contribution in [0.4, 0.5) is 18.9 Å². The molecule has 5 heteroatoms. The van der Waals surface area contributed by atoms with E-state index in [-0.39, 0.29) is 0 Å². The first kappa shape index (κ1) is 14.1. The maximum atomic E-state index is 12.5. The predicted octanol–water partition coefficient (Wildman–Crippen LogP) is 3.87. The predicted molar refractivity (Wildman–Crippen MR) is 70.1 cm³/mol. The highest BCUT2D eigenvalue weighted by Gasteiger charge is 2.30. The molecule has 0 bridgehead atoms. The minimum atomic E-state index is -4.37. The van der Waals surface area contributed by atoms with Gasteiger partial charge in [-0.3, -0.25) is 4.79 Å². The number of anilines is 1. The van der Waals surface area contributed by atoms with E-state index in [1.807, 2.05) is 30.3 Å². The van der Waals surface area contributed by atoms with Crippen LogP contribution in [0.2, 0.25) is 0 Å². The smallest absolute Gasteiger partial charge is 0.311 e. The minimum Gasteiger partial charge on any atom is -0.311 e. The summed E-state index contributed by atoms with van der Waals surface area (Å²) >= 11 is 0. The van der Waals surface area contributed by atoms with Gasteiger partial charge in [-0.05, 0) is 29.8 Å². The van der Waals surface area contributed by atoms with E-state index in [0.717, 1.165) is 17.7 Å². The monoisotopic (exact) mass is 279 g/mol. The lowest BCUT2D eigenvalue weighted by Crippen LogP contribution is -2.20. The third kappa shape index (κ3) is 3.38. The van der Waals surface area contributed by atoms with Crippen LogP contribution in [0.1, 0.15) is 11.1 Å². The number of rotatable bonds is 4. The zero-order valence-electron chi connectivity index (χ0n) is 10.5. The van der Waals surface area contributed by atoms with Crippen molar-refractivity contribution in [3.8, 4) is 0 Å². The van der Waals surface area contributed by atoms with Gasteiger partial charge in [0.05, 0.1) is 12.1 Å². The fraction of sp³-hybridized carbons (Fsp3) is 0.133. The van der Waals surface area contributed by atoms with Gasteiger partial charge in [-0.25, -0.2) is 0 Å². The lowest BCUT2D eigenvalue weighted by Gasteiger charge is -2.18. The Balaban J connectivity index is 2.18. The van der Waals surface area contributed by atoms with Crippen molar-refractivity contribution in [2.24, 2.45) is 0 Å². The molecule has 0 aromatic heterocycles. The van der Waals surface area contributed by atoms with Crippen molar-refractivity contribution in [1.29, 1.82) is 0 Å². The van der Waals surface area contributed by atoms with Gasteiger partial charge in [0.1, 0.15) is 0 Å². The highest BCUT2D eigenvalue weighted by atomic mass is 19.4. The topological polar surface area (TPSA) is 20.3 Å². The van der Waals surface area contributed by atoms with E-state index in [1.54, 1.807) is 0 Å². The molecule has 0 aliphatic rings. The van der Waals surface area contributed by atoms with Gasteiger partial charge in [0.15, 0.2) is 0 Å². The van der Waals surface area contributed by atoms with Crippen LogP contribution < -0.4 is 4.90 Å². The Hall–Kier alpha value is -2.30. The maximum Gasteiger partial charge on any atom is 0.416 e. The van der Waals surface area contributed by atoms with E-state index in [4.69, 9.17) is 0 Å². The Labute approximate surface area is 114 Å². The third-order valence-corrected chi connectivity index (χ3v) is 2.85. The van der Waals surface area contributed by atoms with Gasteiger partial charge in [0, 0.05) is 5.69 Å². The van der Waals surface area contributed by atoms with E-state index in [9.17, 15) is 18.0 Å². The maximum absolute atomic E-state index is 12.5. The van der Waals surface area contributed by atoms with Crippen LogP contribution in [0.3, 0.4) is 0 Å². The molecule has 2 aromatic carbocycles. The number of alkyl halides is 3. The molecule has 0 atom stereocenters. The van der Waals surface area contributed by atoms with Gasteiger partial charge >= 0.3 is 6.18 Å². The van der Waals surface area contributed by atoms with E-state index >= 15 is 0 Å². The third-order valence-electron chi connectivity index (χ3n) is 2.85. The minimum absolute atomic E-state index is 0.315. The molecular weight excluding hydrogens is 267 g/mol. The molecule has 0 unspecified atom stereocenters. The SMILES string of the molecule is O=CN(Cc1ccccc1)c1ccc(C(F)(F)F)cc1. The molecule has 104 valence electrons. The van der Waals surface area contributed by atoms with Crippen molar-refractivity contribution in [2.45, 2.75) is 12.7 Å². The van der Waals surface area contributed by atoms with Crippen LogP contribution in [-0.2, 0) is 17.5 Å². The van der Waals surface area contributed by atoms with E-state index in [2.05, 4.69) is 0 Å². The van der Waals surface area contributed by atoms with Crippen LogP contribution >= 0.6 is 0 Å². The summed E-state index contributed by atoms with van der Waals surface area (Å²) in [4.78, 5) is 12.5. The molecule has 0 fully saturated rings. The van der Waals surface area contributed by atoms with E-state index in [0.29, 0.717) is 18.6 Å². The van der Waals surface area contributed by atoms with Crippen LogP contribution in [0.5, 0.6) is 0 Å². The fourth-order valence-corrected chi connectivity index (χ4v) is 1.81. The van der Waals surface area contributed by atoms with Gasteiger partial charge in [0.2, 0.25) is 6.41 Å². The number of amides is 1. The zero-order chi connectivity index (χ0) is 14.6. The Morgan fingerprint density at radius 2 is 1.55 bits per heavy atom. The Morgan fingerprint density at radius 1 is 0.950 bits per heavy atom. The normalized spacial score (nSPS) is 11.2.